The molecule has 0 unspecified atom stereocenters. The average molecular weight is 342 g/mol. The molecule has 0 bridgehead atoms. The number of aryl methyl sites for hydroxylation is 2. The monoisotopic (exact) mass is 340 g/mol. The fourth-order valence-electron chi connectivity index (χ4n) is 1.88. The van der Waals surface area contributed by atoms with Gasteiger partial charge in [0.25, 0.3) is 0 Å². The van der Waals surface area contributed by atoms with Gasteiger partial charge in [0.05, 0.1) is 6.61 Å². The zero-order valence-electron chi connectivity index (χ0n) is 10.7. The highest BCUT2D eigenvalue weighted by Crippen LogP contribution is 2.33. The highest BCUT2D eigenvalue weighted by atomic mass is 79.9. The summed E-state index contributed by atoms with van der Waals surface area (Å²) in [5.74, 6) is 1.31. The Labute approximate surface area is 126 Å². The molecule has 0 saturated carbocycles. The summed E-state index contributed by atoms with van der Waals surface area (Å²) < 4.78 is 6.91. The van der Waals surface area contributed by atoms with Crippen LogP contribution < -0.4 is 4.74 Å². The van der Waals surface area contributed by atoms with Gasteiger partial charge in [-0.1, -0.05) is 33.6 Å². The first-order chi connectivity index (χ1) is 9.02. The molecule has 2 nitrogen and oxygen atoms in total. The minimum absolute atomic E-state index is 0.149. The van der Waals surface area contributed by atoms with Crippen molar-refractivity contribution in [2.24, 2.45) is 0 Å². The number of aliphatic hydroxyl groups excluding tert-OH is 1. The highest BCUT2D eigenvalue weighted by molar-refractivity contribution is 9.10. The van der Waals surface area contributed by atoms with E-state index in [1.807, 2.05) is 26.0 Å². The van der Waals surface area contributed by atoms with Crippen LogP contribution in [0.3, 0.4) is 0 Å². The molecule has 0 heterocycles. The van der Waals surface area contributed by atoms with Crippen LogP contribution in [0.5, 0.6) is 11.5 Å². The molecule has 19 heavy (non-hydrogen) atoms. The molecule has 0 amide bonds. The molecule has 0 aromatic heterocycles. The van der Waals surface area contributed by atoms with Crippen LogP contribution in [-0.4, -0.2) is 5.11 Å². The maximum atomic E-state index is 9.36. The summed E-state index contributed by atoms with van der Waals surface area (Å²) in [6, 6.07) is 9.22. The molecule has 2 rings (SSSR count). The number of hydrogen-bond donors (Lipinski definition) is 1. The van der Waals surface area contributed by atoms with E-state index in [2.05, 4.69) is 15.9 Å². The van der Waals surface area contributed by atoms with E-state index in [4.69, 9.17) is 16.3 Å². The van der Waals surface area contributed by atoms with Gasteiger partial charge in [-0.25, -0.2) is 0 Å². The van der Waals surface area contributed by atoms with Gasteiger partial charge in [-0.3, -0.25) is 0 Å². The van der Waals surface area contributed by atoms with Gasteiger partial charge in [-0.15, -0.1) is 0 Å². The van der Waals surface area contributed by atoms with Crippen molar-refractivity contribution < 1.29 is 9.84 Å². The van der Waals surface area contributed by atoms with Crippen LogP contribution in [0.2, 0.25) is 5.02 Å². The number of ether oxygens (including phenoxy) is 1. The Morgan fingerprint density at radius 2 is 1.84 bits per heavy atom. The SMILES string of the molecule is Cc1cc(Oc2cccc(Cl)c2CO)cc(C)c1Br. The van der Waals surface area contributed by atoms with Gasteiger partial charge in [0, 0.05) is 15.1 Å². The predicted molar refractivity (Wildman–Crippen MR) is 81.1 cm³/mol. The highest BCUT2D eigenvalue weighted by Gasteiger charge is 2.09. The molecule has 0 aliphatic carbocycles. The van der Waals surface area contributed by atoms with Crippen molar-refractivity contribution in [2.45, 2.75) is 20.5 Å². The molecule has 4 heteroatoms. The quantitative estimate of drug-likeness (QED) is 0.851. The third-order valence-corrected chi connectivity index (χ3v) is 4.48. The van der Waals surface area contributed by atoms with Gasteiger partial charge >= 0.3 is 0 Å². The number of hydrogen-bond acceptors (Lipinski definition) is 2. The summed E-state index contributed by atoms with van der Waals surface area (Å²) in [5.41, 5.74) is 2.80. The van der Waals surface area contributed by atoms with Crippen LogP contribution >= 0.6 is 27.5 Å². The van der Waals surface area contributed by atoms with E-state index in [9.17, 15) is 5.11 Å². The fraction of sp³-hybridized carbons (Fsp3) is 0.200. The Bertz CT molecular complexity index is 588. The van der Waals surface area contributed by atoms with Gasteiger partial charge in [0.2, 0.25) is 0 Å². The third-order valence-electron chi connectivity index (χ3n) is 2.87. The second-order valence-corrected chi connectivity index (χ2v) is 5.55. The van der Waals surface area contributed by atoms with E-state index < -0.39 is 0 Å². The van der Waals surface area contributed by atoms with Crippen molar-refractivity contribution in [3.63, 3.8) is 0 Å². The number of benzene rings is 2. The Balaban J connectivity index is 2.39. The minimum Gasteiger partial charge on any atom is -0.457 e. The lowest BCUT2D eigenvalue weighted by Crippen LogP contribution is -1.94. The zero-order chi connectivity index (χ0) is 14.0. The molecule has 0 fully saturated rings. The lowest BCUT2D eigenvalue weighted by atomic mass is 10.1. The minimum atomic E-state index is -0.149. The van der Waals surface area contributed by atoms with Gasteiger partial charge in [-0.05, 0) is 49.2 Å². The summed E-state index contributed by atoms with van der Waals surface area (Å²) >= 11 is 9.56. The maximum Gasteiger partial charge on any atom is 0.134 e. The topological polar surface area (TPSA) is 29.5 Å². The molecule has 0 spiro atoms. The van der Waals surface area contributed by atoms with Crippen molar-refractivity contribution in [3.05, 3.63) is 56.5 Å². The first-order valence-electron chi connectivity index (χ1n) is 5.85. The molecule has 0 radical (unpaired) electrons. The lowest BCUT2D eigenvalue weighted by Gasteiger charge is -2.13. The molecule has 2 aromatic rings. The van der Waals surface area contributed by atoms with Gasteiger partial charge < -0.3 is 9.84 Å². The van der Waals surface area contributed by atoms with E-state index in [1.54, 1.807) is 18.2 Å². The molecular weight excluding hydrogens is 328 g/mol. The standard InChI is InChI=1S/C15H14BrClO2/c1-9-6-11(7-10(2)15(9)16)19-14-5-3-4-13(17)12(14)8-18/h3-7,18H,8H2,1-2H3. The summed E-state index contributed by atoms with van der Waals surface area (Å²) in [6.45, 7) is 3.87. The summed E-state index contributed by atoms with van der Waals surface area (Å²) in [4.78, 5) is 0. The predicted octanol–water partition coefficient (Wildman–Crippen LogP) is 5.00. The number of halogens is 2. The zero-order valence-corrected chi connectivity index (χ0v) is 13.0. The molecule has 100 valence electrons. The normalized spacial score (nSPS) is 10.6. The van der Waals surface area contributed by atoms with E-state index in [1.165, 1.54) is 0 Å². The van der Waals surface area contributed by atoms with E-state index in [0.717, 1.165) is 21.3 Å². The average Bonchev–Trinajstić information content (AvgIpc) is 2.36. The van der Waals surface area contributed by atoms with Crippen molar-refractivity contribution in [1.82, 2.24) is 0 Å². The summed E-state index contributed by atoms with van der Waals surface area (Å²) in [6.07, 6.45) is 0. The first kappa shape index (κ1) is 14.4. The first-order valence-corrected chi connectivity index (χ1v) is 7.03. The van der Waals surface area contributed by atoms with Crippen molar-refractivity contribution in [1.29, 1.82) is 0 Å². The largest absolute Gasteiger partial charge is 0.457 e. The molecule has 0 aliphatic heterocycles. The van der Waals surface area contributed by atoms with Gasteiger partial charge in [0.15, 0.2) is 0 Å². The van der Waals surface area contributed by atoms with Crippen molar-refractivity contribution in [2.75, 3.05) is 0 Å². The molecule has 1 N–H and O–H groups in total. The van der Waals surface area contributed by atoms with Crippen LogP contribution in [-0.2, 0) is 6.61 Å². The maximum absolute atomic E-state index is 9.36. The summed E-state index contributed by atoms with van der Waals surface area (Å²) in [5, 5.41) is 9.86. The molecular formula is C15H14BrClO2. The molecule has 0 atom stereocenters. The van der Waals surface area contributed by atoms with Crippen molar-refractivity contribution >= 4 is 27.5 Å². The fourth-order valence-corrected chi connectivity index (χ4v) is 2.33. The second kappa shape index (κ2) is 5.95. The number of aliphatic hydroxyl groups is 1. The van der Waals surface area contributed by atoms with Gasteiger partial charge in [0.1, 0.15) is 11.5 Å². The third kappa shape index (κ3) is 3.11. The Morgan fingerprint density at radius 1 is 1.21 bits per heavy atom. The summed E-state index contributed by atoms with van der Waals surface area (Å²) in [7, 11) is 0. The van der Waals surface area contributed by atoms with Gasteiger partial charge in [-0.2, -0.15) is 0 Å². The molecule has 2 aromatic carbocycles. The van der Waals surface area contributed by atoms with Crippen LogP contribution in [0.4, 0.5) is 0 Å². The van der Waals surface area contributed by atoms with E-state index >= 15 is 0 Å². The number of rotatable bonds is 3. The van der Waals surface area contributed by atoms with Crippen LogP contribution in [0.1, 0.15) is 16.7 Å². The van der Waals surface area contributed by atoms with Crippen LogP contribution in [0.15, 0.2) is 34.8 Å². The molecule has 0 aliphatic rings. The second-order valence-electron chi connectivity index (χ2n) is 4.35. The Kier molecular flexibility index (Phi) is 4.50. The Morgan fingerprint density at radius 3 is 2.42 bits per heavy atom. The lowest BCUT2D eigenvalue weighted by molar-refractivity contribution is 0.276. The Hall–Kier alpha value is -1.03. The van der Waals surface area contributed by atoms with Crippen LogP contribution in [0, 0.1) is 13.8 Å². The van der Waals surface area contributed by atoms with E-state index in [-0.39, 0.29) is 6.61 Å². The molecule has 0 saturated heterocycles. The van der Waals surface area contributed by atoms with E-state index in [0.29, 0.717) is 16.3 Å². The van der Waals surface area contributed by atoms with Crippen LogP contribution in [0.25, 0.3) is 0 Å². The smallest absolute Gasteiger partial charge is 0.134 e. The van der Waals surface area contributed by atoms with Crippen molar-refractivity contribution in [3.8, 4) is 11.5 Å².